The van der Waals surface area contributed by atoms with Crippen LogP contribution in [-0.4, -0.2) is 32.1 Å². The second-order valence-corrected chi connectivity index (χ2v) is 5.52. The van der Waals surface area contributed by atoms with Crippen LogP contribution in [0.4, 0.5) is 14.9 Å². The van der Waals surface area contributed by atoms with Gasteiger partial charge < -0.3 is 9.47 Å². The minimum absolute atomic E-state index is 0.254. The van der Waals surface area contributed by atoms with Crippen LogP contribution < -0.4 is 19.7 Å². The van der Waals surface area contributed by atoms with Crippen molar-refractivity contribution in [2.75, 3.05) is 19.1 Å². The molecule has 0 radical (unpaired) electrons. The van der Waals surface area contributed by atoms with E-state index in [4.69, 9.17) is 9.47 Å². The fraction of sp³-hybridized carbons (Fsp3) is 0.105. The number of ether oxygens (including phenoxy) is 2. The topological polar surface area (TPSA) is 84.9 Å². The Morgan fingerprint density at radius 2 is 1.78 bits per heavy atom. The number of imide groups is 2. The summed E-state index contributed by atoms with van der Waals surface area (Å²) in [5.41, 5.74) is -0.210. The van der Waals surface area contributed by atoms with Crippen LogP contribution in [0.15, 0.2) is 48.0 Å². The molecule has 1 aliphatic rings. The lowest BCUT2D eigenvalue weighted by Gasteiger charge is -2.26. The standard InChI is InChI=1S/C19H15FN2O5/c1-26-12-7-8-16(27-2)11(9-12)10-13-17(23)21-19(25)22(18(13)24)15-6-4-3-5-14(15)20/h3-10H,1-2H3,(H,21,23,25). The zero-order valence-corrected chi connectivity index (χ0v) is 14.5. The molecule has 0 aromatic heterocycles. The number of nitrogens with zero attached hydrogens (tertiary/aromatic N) is 1. The summed E-state index contributed by atoms with van der Waals surface area (Å²) in [4.78, 5) is 37.7. The Morgan fingerprint density at radius 1 is 1.04 bits per heavy atom. The number of hydrogen-bond donors (Lipinski definition) is 1. The van der Waals surface area contributed by atoms with Gasteiger partial charge in [-0.25, -0.2) is 14.1 Å². The number of barbiturate groups is 1. The van der Waals surface area contributed by atoms with Gasteiger partial charge in [0.25, 0.3) is 11.8 Å². The van der Waals surface area contributed by atoms with E-state index in [1.807, 2.05) is 5.32 Å². The van der Waals surface area contributed by atoms with Gasteiger partial charge in [-0.3, -0.25) is 14.9 Å². The number of methoxy groups -OCH3 is 2. The molecule has 0 unspecified atom stereocenters. The highest BCUT2D eigenvalue weighted by Gasteiger charge is 2.38. The predicted molar refractivity (Wildman–Crippen MR) is 94.9 cm³/mol. The second kappa shape index (κ2) is 7.28. The lowest BCUT2D eigenvalue weighted by atomic mass is 10.1. The summed E-state index contributed by atoms with van der Waals surface area (Å²) >= 11 is 0. The largest absolute Gasteiger partial charge is 0.497 e. The molecular formula is C19H15FN2O5. The number of urea groups is 1. The van der Waals surface area contributed by atoms with Crippen molar-refractivity contribution in [2.24, 2.45) is 0 Å². The molecule has 0 atom stereocenters. The zero-order valence-electron chi connectivity index (χ0n) is 14.5. The number of carbonyl (C=O) groups excluding carboxylic acids is 3. The van der Waals surface area contributed by atoms with Crippen LogP contribution in [0.3, 0.4) is 0 Å². The molecule has 0 saturated carbocycles. The third kappa shape index (κ3) is 3.37. The molecule has 1 aliphatic heterocycles. The number of para-hydroxylation sites is 1. The molecule has 0 aliphatic carbocycles. The number of halogens is 1. The highest BCUT2D eigenvalue weighted by Crippen LogP contribution is 2.29. The Balaban J connectivity index is 2.09. The average Bonchev–Trinajstić information content (AvgIpc) is 2.66. The number of nitrogens with one attached hydrogen (secondary N) is 1. The van der Waals surface area contributed by atoms with Gasteiger partial charge >= 0.3 is 6.03 Å². The molecule has 2 aromatic rings. The van der Waals surface area contributed by atoms with E-state index in [1.165, 1.54) is 38.5 Å². The summed E-state index contributed by atoms with van der Waals surface area (Å²) in [5.74, 6) is -1.73. The van der Waals surface area contributed by atoms with Crippen LogP contribution >= 0.6 is 0 Å². The lowest BCUT2D eigenvalue weighted by molar-refractivity contribution is -0.122. The third-order valence-corrected chi connectivity index (χ3v) is 3.93. The first-order valence-corrected chi connectivity index (χ1v) is 7.84. The normalized spacial score (nSPS) is 15.7. The van der Waals surface area contributed by atoms with Gasteiger partial charge in [-0.2, -0.15) is 0 Å². The van der Waals surface area contributed by atoms with Crippen molar-refractivity contribution < 1.29 is 28.2 Å². The number of benzene rings is 2. The lowest BCUT2D eigenvalue weighted by Crippen LogP contribution is -2.54. The van der Waals surface area contributed by atoms with Gasteiger partial charge in [0.2, 0.25) is 0 Å². The Kier molecular flexibility index (Phi) is 4.89. The van der Waals surface area contributed by atoms with Gasteiger partial charge in [-0.05, 0) is 36.4 Å². The van der Waals surface area contributed by atoms with Crippen LogP contribution in [0.25, 0.3) is 6.08 Å². The number of carbonyl (C=O) groups is 3. The summed E-state index contributed by atoms with van der Waals surface area (Å²) in [6, 6.07) is 9.08. The van der Waals surface area contributed by atoms with Crippen LogP contribution in [0, 0.1) is 5.82 Å². The minimum Gasteiger partial charge on any atom is -0.497 e. The van der Waals surface area contributed by atoms with Crippen molar-refractivity contribution in [1.29, 1.82) is 0 Å². The molecular weight excluding hydrogens is 355 g/mol. The molecule has 4 amide bonds. The fourth-order valence-corrected chi connectivity index (χ4v) is 2.62. The van der Waals surface area contributed by atoms with E-state index in [-0.39, 0.29) is 11.3 Å². The summed E-state index contributed by atoms with van der Waals surface area (Å²) < 4.78 is 24.4. The molecule has 1 heterocycles. The van der Waals surface area contributed by atoms with Crippen molar-refractivity contribution in [3.8, 4) is 11.5 Å². The molecule has 8 heteroatoms. The minimum atomic E-state index is -1.02. The number of anilines is 1. The first-order valence-electron chi connectivity index (χ1n) is 7.84. The van der Waals surface area contributed by atoms with E-state index in [1.54, 1.807) is 18.2 Å². The maximum atomic E-state index is 14.1. The fourth-order valence-electron chi connectivity index (χ4n) is 2.62. The molecule has 1 fully saturated rings. The van der Waals surface area contributed by atoms with Crippen molar-refractivity contribution >= 4 is 29.6 Å². The molecule has 1 saturated heterocycles. The van der Waals surface area contributed by atoms with Crippen molar-refractivity contribution in [3.63, 3.8) is 0 Å². The molecule has 138 valence electrons. The molecule has 2 aromatic carbocycles. The Hall–Kier alpha value is -3.68. The van der Waals surface area contributed by atoms with Gasteiger partial charge in [-0.15, -0.1) is 0 Å². The summed E-state index contributed by atoms with van der Waals surface area (Å²) in [5, 5.41) is 2.04. The average molecular weight is 370 g/mol. The Bertz CT molecular complexity index is 970. The molecule has 3 rings (SSSR count). The van der Waals surface area contributed by atoms with E-state index in [2.05, 4.69) is 0 Å². The van der Waals surface area contributed by atoms with E-state index in [0.717, 1.165) is 6.07 Å². The quantitative estimate of drug-likeness (QED) is 0.660. The summed E-state index contributed by atoms with van der Waals surface area (Å²) in [6.07, 6.45) is 1.26. The number of hydrogen-bond acceptors (Lipinski definition) is 5. The van der Waals surface area contributed by atoms with Crippen LogP contribution in [0.1, 0.15) is 5.56 Å². The highest BCUT2D eigenvalue weighted by molar-refractivity contribution is 6.39. The van der Waals surface area contributed by atoms with E-state index in [0.29, 0.717) is 22.0 Å². The van der Waals surface area contributed by atoms with Crippen molar-refractivity contribution in [2.45, 2.75) is 0 Å². The van der Waals surface area contributed by atoms with Gasteiger partial charge in [0, 0.05) is 5.56 Å². The summed E-state index contributed by atoms with van der Waals surface area (Å²) in [7, 11) is 2.90. The van der Waals surface area contributed by atoms with Crippen LogP contribution in [0.5, 0.6) is 11.5 Å². The second-order valence-electron chi connectivity index (χ2n) is 5.52. The van der Waals surface area contributed by atoms with Crippen LogP contribution in [-0.2, 0) is 9.59 Å². The van der Waals surface area contributed by atoms with E-state index >= 15 is 0 Å². The predicted octanol–water partition coefficient (Wildman–Crippen LogP) is 2.51. The molecule has 27 heavy (non-hydrogen) atoms. The highest BCUT2D eigenvalue weighted by atomic mass is 19.1. The van der Waals surface area contributed by atoms with Crippen molar-refractivity contribution in [3.05, 3.63) is 59.4 Å². The van der Waals surface area contributed by atoms with E-state index in [9.17, 15) is 18.8 Å². The smallest absolute Gasteiger partial charge is 0.336 e. The number of rotatable bonds is 4. The van der Waals surface area contributed by atoms with Crippen LogP contribution in [0.2, 0.25) is 0 Å². The van der Waals surface area contributed by atoms with Gasteiger partial charge in [0.15, 0.2) is 0 Å². The Labute approximate surface area is 154 Å². The van der Waals surface area contributed by atoms with Gasteiger partial charge in [0.05, 0.1) is 19.9 Å². The third-order valence-electron chi connectivity index (χ3n) is 3.93. The monoisotopic (exact) mass is 370 g/mol. The maximum absolute atomic E-state index is 14.1. The molecule has 0 bridgehead atoms. The Morgan fingerprint density at radius 3 is 2.44 bits per heavy atom. The maximum Gasteiger partial charge on any atom is 0.336 e. The van der Waals surface area contributed by atoms with Crippen molar-refractivity contribution in [1.82, 2.24) is 5.32 Å². The van der Waals surface area contributed by atoms with Gasteiger partial charge in [-0.1, -0.05) is 12.1 Å². The zero-order chi connectivity index (χ0) is 19.6. The van der Waals surface area contributed by atoms with Gasteiger partial charge in [0.1, 0.15) is 22.9 Å². The first-order chi connectivity index (χ1) is 13.0. The summed E-state index contributed by atoms with van der Waals surface area (Å²) in [6.45, 7) is 0. The molecule has 7 nitrogen and oxygen atoms in total. The van der Waals surface area contributed by atoms with E-state index < -0.39 is 23.7 Å². The first kappa shape index (κ1) is 18.1. The SMILES string of the molecule is COc1ccc(OC)c(C=C2C(=O)NC(=O)N(c3ccccc3F)C2=O)c1. The molecule has 0 spiro atoms. The number of amides is 4. The molecule has 1 N–H and O–H groups in total.